The van der Waals surface area contributed by atoms with Crippen LogP contribution in [0.25, 0.3) is 65.1 Å². The lowest BCUT2D eigenvalue weighted by Gasteiger charge is -2.02. The Balaban J connectivity index is 1.11. The Kier molecular flexibility index (Phi) is 6.36. The van der Waals surface area contributed by atoms with E-state index in [1.54, 1.807) is 24.8 Å². The summed E-state index contributed by atoms with van der Waals surface area (Å²) in [5, 5.41) is 20.8. The van der Waals surface area contributed by atoms with Gasteiger partial charge in [-0.25, -0.2) is 9.97 Å². The number of aromatic nitrogens is 8. The molecule has 0 fully saturated rings. The molecule has 0 spiro atoms. The van der Waals surface area contributed by atoms with Crippen molar-refractivity contribution >= 4 is 22.7 Å². The van der Waals surface area contributed by atoms with Gasteiger partial charge in [-0.05, 0) is 48.5 Å². The molecule has 0 saturated heterocycles. The van der Waals surface area contributed by atoms with Gasteiger partial charge in [0.15, 0.2) is 10.0 Å². The highest BCUT2D eigenvalue weighted by atomic mass is 32.1. The molecular formula is C30H18N8S2. The van der Waals surface area contributed by atoms with Crippen molar-refractivity contribution in [1.29, 1.82) is 0 Å². The zero-order chi connectivity index (χ0) is 26.7. The Morgan fingerprint density at radius 1 is 0.375 bits per heavy atom. The van der Waals surface area contributed by atoms with Crippen LogP contribution in [0.15, 0.2) is 110 Å². The normalized spacial score (nSPS) is 11.0. The Labute approximate surface area is 237 Å². The smallest absolute Gasteiger partial charge is 0.166 e. The van der Waals surface area contributed by atoms with Crippen LogP contribution in [0.2, 0.25) is 0 Å². The third-order valence-corrected chi connectivity index (χ3v) is 8.07. The van der Waals surface area contributed by atoms with Crippen LogP contribution in [0, 0.1) is 0 Å². The fraction of sp³-hybridized carbons (Fsp3) is 0. The molecule has 0 aliphatic heterocycles. The zero-order valence-corrected chi connectivity index (χ0v) is 22.4. The van der Waals surface area contributed by atoms with Crippen molar-refractivity contribution in [2.24, 2.45) is 0 Å². The molecule has 0 aliphatic rings. The summed E-state index contributed by atoms with van der Waals surface area (Å²) >= 11 is 3.01. The second-order valence-corrected chi connectivity index (χ2v) is 10.7. The van der Waals surface area contributed by atoms with Crippen LogP contribution in [0.3, 0.4) is 0 Å². The van der Waals surface area contributed by atoms with Crippen LogP contribution in [-0.4, -0.2) is 40.3 Å². The summed E-state index contributed by atoms with van der Waals surface area (Å²) in [6, 6.07) is 27.7. The van der Waals surface area contributed by atoms with Gasteiger partial charge in [0, 0.05) is 47.0 Å². The van der Waals surface area contributed by atoms with Crippen molar-refractivity contribution in [2.75, 3.05) is 0 Å². The molecule has 1 aromatic carbocycles. The topological polar surface area (TPSA) is 103 Å². The minimum absolute atomic E-state index is 0.764. The second kappa shape index (κ2) is 10.6. The van der Waals surface area contributed by atoms with E-state index in [-0.39, 0.29) is 0 Å². The Morgan fingerprint density at radius 3 is 1.23 bits per heavy atom. The molecule has 40 heavy (non-hydrogen) atoms. The molecule has 7 aromatic rings. The van der Waals surface area contributed by atoms with Gasteiger partial charge < -0.3 is 0 Å². The lowest BCUT2D eigenvalue weighted by Crippen LogP contribution is -1.87. The van der Waals surface area contributed by atoms with E-state index in [1.807, 2.05) is 84.9 Å². The van der Waals surface area contributed by atoms with Crippen molar-refractivity contribution in [3.63, 3.8) is 0 Å². The number of hydrogen-bond acceptors (Lipinski definition) is 10. The van der Waals surface area contributed by atoms with Gasteiger partial charge in [-0.1, -0.05) is 59.1 Å². The van der Waals surface area contributed by atoms with Gasteiger partial charge in [-0.2, -0.15) is 0 Å². The first-order chi connectivity index (χ1) is 19.8. The molecule has 6 aromatic heterocycles. The van der Waals surface area contributed by atoms with Gasteiger partial charge in [0.05, 0.1) is 11.4 Å². The molecule has 6 heterocycles. The third-order valence-electron chi connectivity index (χ3n) is 6.08. The average Bonchev–Trinajstić information content (AvgIpc) is 3.74. The molecule has 0 unspecified atom stereocenters. The van der Waals surface area contributed by atoms with E-state index in [0.29, 0.717) is 0 Å². The van der Waals surface area contributed by atoms with E-state index in [2.05, 4.69) is 30.4 Å². The first kappa shape index (κ1) is 24.0. The van der Waals surface area contributed by atoms with Crippen LogP contribution in [0.1, 0.15) is 0 Å². The summed E-state index contributed by atoms with van der Waals surface area (Å²) in [5.41, 5.74) is 7.14. The van der Waals surface area contributed by atoms with Crippen LogP contribution < -0.4 is 0 Å². The van der Waals surface area contributed by atoms with Gasteiger partial charge >= 0.3 is 0 Å². The summed E-state index contributed by atoms with van der Waals surface area (Å²) in [5.74, 6) is 0. The Bertz CT molecular complexity index is 1760. The van der Waals surface area contributed by atoms with Crippen LogP contribution in [0.4, 0.5) is 0 Å². The number of rotatable bonds is 6. The first-order valence-corrected chi connectivity index (χ1v) is 14.0. The minimum Gasteiger partial charge on any atom is -0.264 e. The number of pyridine rings is 4. The van der Waals surface area contributed by atoms with E-state index in [9.17, 15) is 0 Å². The molecule has 0 amide bonds. The largest absolute Gasteiger partial charge is 0.264 e. The summed E-state index contributed by atoms with van der Waals surface area (Å²) in [6.07, 6.45) is 7.10. The summed E-state index contributed by atoms with van der Waals surface area (Å²) in [4.78, 5) is 17.9. The summed E-state index contributed by atoms with van der Waals surface area (Å²) in [7, 11) is 0. The SMILES string of the molecule is c1cncc(-c2cccc(-c3nnc(-c4ccc(-c5nnc(-c6cccc(-c7cccnc7)n6)s5)cc4)s3)n2)c1. The van der Waals surface area contributed by atoms with Gasteiger partial charge in [0.1, 0.15) is 21.4 Å². The average molecular weight is 555 g/mol. The van der Waals surface area contributed by atoms with Crippen molar-refractivity contribution in [3.8, 4) is 65.1 Å². The van der Waals surface area contributed by atoms with Crippen molar-refractivity contribution in [3.05, 3.63) is 110 Å². The summed E-state index contributed by atoms with van der Waals surface area (Å²) < 4.78 is 0. The van der Waals surface area contributed by atoms with Gasteiger partial charge in [-0.3, -0.25) is 9.97 Å². The molecule has 0 N–H and O–H groups in total. The molecular weight excluding hydrogens is 537 g/mol. The maximum absolute atomic E-state index is 4.77. The van der Waals surface area contributed by atoms with E-state index >= 15 is 0 Å². The third kappa shape index (κ3) is 4.89. The van der Waals surface area contributed by atoms with Crippen molar-refractivity contribution < 1.29 is 0 Å². The maximum atomic E-state index is 4.77. The highest BCUT2D eigenvalue weighted by molar-refractivity contribution is 7.18. The predicted molar refractivity (Wildman–Crippen MR) is 157 cm³/mol. The van der Waals surface area contributed by atoms with Gasteiger partial charge in [-0.15, -0.1) is 20.4 Å². The zero-order valence-electron chi connectivity index (χ0n) is 20.8. The number of nitrogens with zero attached hydrogens (tertiary/aromatic N) is 8. The predicted octanol–water partition coefficient (Wildman–Crippen LogP) is 6.97. The molecule has 7 rings (SSSR count). The van der Waals surface area contributed by atoms with Crippen LogP contribution in [-0.2, 0) is 0 Å². The molecule has 0 radical (unpaired) electrons. The highest BCUT2D eigenvalue weighted by Gasteiger charge is 2.14. The quantitative estimate of drug-likeness (QED) is 0.217. The van der Waals surface area contributed by atoms with Crippen LogP contribution in [0.5, 0.6) is 0 Å². The molecule has 10 heteroatoms. The molecule has 0 bridgehead atoms. The molecule has 0 aliphatic carbocycles. The van der Waals surface area contributed by atoms with Crippen LogP contribution >= 0.6 is 22.7 Å². The lowest BCUT2D eigenvalue weighted by atomic mass is 10.1. The maximum Gasteiger partial charge on any atom is 0.166 e. The number of benzene rings is 1. The van der Waals surface area contributed by atoms with E-state index in [0.717, 1.165) is 65.1 Å². The van der Waals surface area contributed by atoms with E-state index < -0.39 is 0 Å². The summed E-state index contributed by atoms with van der Waals surface area (Å²) in [6.45, 7) is 0. The Morgan fingerprint density at radius 2 is 0.800 bits per heavy atom. The van der Waals surface area contributed by atoms with E-state index in [1.165, 1.54) is 22.7 Å². The lowest BCUT2D eigenvalue weighted by molar-refractivity contribution is 1.09. The monoisotopic (exact) mass is 554 g/mol. The Hall–Kier alpha value is -5.06. The van der Waals surface area contributed by atoms with Gasteiger partial charge in [0.2, 0.25) is 0 Å². The van der Waals surface area contributed by atoms with Crippen molar-refractivity contribution in [1.82, 2.24) is 40.3 Å². The fourth-order valence-corrected chi connectivity index (χ4v) is 5.74. The van der Waals surface area contributed by atoms with Gasteiger partial charge in [0.25, 0.3) is 0 Å². The fourth-order valence-electron chi connectivity index (χ4n) is 4.10. The molecule has 0 saturated carbocycles. The number of hydrogen-bond donors (Lipinski definition) is 0. The standard InChI is InChI=1S/C30H18N8S2/c1-7-23(21-5-3-15-31-17-21)33-25(9-1)29-37-35-27(39-29)19-11-13-20(14-12-19)28-36-38-30(40-28)26-10-2-8-24(34-26)22-6-4-16-32-18-22/h1-18H. The second-order valence-electron chi connectivity index (χ2n) is 8.70. The molecule has 8 nitrogen and oxygen atoms in total. The first-order valence-electron chi connectivity index (χ1n) is 12.3. The minimum atomic E-state index is 0.764. The highest BCUT2D eigenvalue weighted by Crippen LogP contribution is 2.34. The van der Waals surface area contributed by atoms with E-state index in [4.69, 9.17) is 9.97 Å². The molecule has 0 atom stereocenters. The molecule has 190 valence electrons. The van der Waals surface area contributed by atoms with Crippen molar-refractivity contribution in [2.45, 2.75) is 0 Å².